The maximum Gasteiger partial charge on any atom is 0.321 e. The van der Waals surface area contributed by atoms with Gasteiger partial charge in [-0.05, 0) is 36.2 Å². The van der Waals surface area contributed by atoms with Crippen molar-refractivity contribution in [2.45, 2.75) is 25.8 Å². The Kier molecular flexibility index (Phi) is 6.09. The molecule has 1 aromatic heterocycles. The predicted molar refractivity (Wildman–Crippen MR) is 102 cm³/mol. The van der Waals surface area contributed by atoms with Crippen molar-refractivity contribution in [3.8, 4) is 11.1 Å². The first-order chi connectivity index (χ1) is 12.6. The van der Waals surface area contributed by atoms with Crippen molar-refractivity contribution in [3.05, 3.63) is 52.4 Å². The summed E-state index contributed by atoms with van der Waals surface area (Å²) in [6, 6.07) is 8.05. The molecular weight excluding hydrogens is 354 g/mol. The van der Waals surface area contributed by atoms with Gasteiger partial charge in [-0.3, -0.25) is 9.59 Å². The van der Waals surface area contributed by atoms with E-state index in [-0.39, 0.29) is 12.1 Å². The lowest BCUT2D eigenvalue weighted by Gasteiger charge is -2.19. The van der Waals surface area contributed by atoms with Gasteiger partial charge in [0.25, 0.3) is 5.91 Å². The van der Waals surface area contributed by atoms with E-state index < -0.39 is 17.9 Å². The molecule has 1 heterocycles. The van der Waals surface area contributed by atoms with Crippen LogP contribution in [0.2, 0.25) is 0 Å². The molecule has 1 atom stereocenters. The van der Waals surface area contributed by atoms with Crippen LogP contribution in [0.3, 0.4) is 0 Å². The molecule has 0 aliphatic carbocycles. The van der Waals surface area contributed by atoms with Crippen LogP contribution >= 0.6 is 0 Å². The van der Waals surface area contributed by atoms with Crippen molar-refractivity contribution in [1.29, 1.82) is 5.41 Å². The molecule has 27 heavy (non-hydrogen) atoms. The van der Waals surface area contributed by atoms with Gasteiger partial charge < -0.3 is 20.6 Å². The third kappa shape index (κ3) is 5.22. The molecule has 0 spiro atoms. The number of pyridine rings is 1. The lowest BCUT2D eigenvalue weighted by molar-refractivity contribution is -0.143. The van der Waals surface area contributed by atoms with Gasteiger partial charge in [0.2, 0.25) is 5.56 Å². The number of benzene rings is 1. The second kappa shape index (κ2) is 8.11. The molecule has 0 saturated heterocycles. The molecule has 1 unspecified atom stereocenters. The summed E-state index contributed by atoms with van der Waals surface area (Å²) in [4.78, 5) is 22.8. The van der Waals surface area contributed by atoms with Gasteiger partial charge in [-0.15, -0.1) is 0 Å². The minimum Gasteiger partial charge on any atom is -0.382 e. The molecule has 2 rings (SSSR count). The Morgan fingerprint density at radius 1 is 1.30 bits per heavy atom. The minimum atomic E-state index is -3.42. The van der Waals surface area contributed by atoms with Crippen LogP contribution in [-0.4, -0.2) is 35.2 Å². The molecular formula is C19H22F2N4O2. The van der Waals surface area contributed by atoms with Crippen molar-refractivity contribution in [2.24, 2.45) is 7.05 Å². The summed E-state index contributed by atoms with van der Waals surface area (Å²) >= 11 is 0. The van der Waals surface area contributed by atoms with E-state index in [0.29, 0.717) is 18.2 Å². The highest BCUT2D eigenvalue weighted by atomic mass is 19.3. The fourth-order valence-electron chi connectivity index (χ4n) is 2.45. The molecule has 8 heteroatoms. The highest BCUT2D eigenvalue weighted by Crippen LogP contribution is 2.24. The average Bonchev–Trinajstić information content (AvgIpc) is 2.61. The minimum absolute atomic E-state index is 0.113. The van der Waals surface area contributed by atoms with Crippen LogP contribution in [-0.2, 0) is 11.8 Å². The van der Waals surface area contributed by atoms with E-state index in [4.69, 9.17) is 5.41 Å². The summed E-state index contributed by atoms with van der Waals surface area (Å²) in [5, 5.41) is 12.9. The summed E-state index contributed by atoms with van der Waals surface area (Å²) in [6.45, 7) is 2.38. The summed E-state index contributed by atoms with van der Waals surface area (Å²) < 4.78 is 27.3. The molecule has 0 bridgehead atoms. The summed E-state index contributed by atoms with van der Waals surface area (Å²) in [5.41, 5.74) is 2.79. The van der Waals surface area contributed by atoms with E-state index in [9.17, 15) is 18.4 Å². The summed E-state index contributed by atoms with van der Waals surface area (Å²) in [6.07, 6.45) is 2.89. The van der Waals surface area contributed by atoms with Gasteiger partial charge in [-0.2, -0.15) is 8.78 Å². The Morgan fingerprint density at radius 3 is 2.56 bits per heavy atom. The fourth-order valence-corrected chi connectivity index (χ4v) is 2.45. The molecule has 3 N–H and O–H groups in total. The van der Waals surface area contributed by atoms with E-state index in [0.717, 1.165) is 11.1 Å². The third-order valence-electron chi connectivity index (χ3n) is 4.00. The molecule has 0 aliphatic rings. The van der Waals surface area contributed by atoms with E-state index in [1.807, 2.05) is 6.07 Å². The number of hydrogen-bond donors (Lipinski definition) is 3. The maximum atomic E-state index is 12.9. The quantitative estimate of drug-likeness (QED) is 0.649. The number of halogens is 2. The first-order valence-electron chi connectivity index (χ1n) is 8.36. The zero-order valence-electron chi connectivity index (χ0n) is 15.3. The molecule has 1 amide bonds. The van der Waals surface area contributed by atoms with E-state index in [1.165, 1.54) is 16.8 Å². The summed E-state index contributed by atoms with van der Waals surface area (Å²) in [7, 11) is 1.66. The first-order valence-corrected chi connectivity index (χ1v) is 8.36. The van der Waals surface area contributed by atoms with Gasteiger partial charge in [0.1, 0.15) is 0 Å². The third-order valence-corrected chi connectivity index (χ3v) is 4.00. The number of amides is 1. The smallest absolute Gasteiger partial charge is 0.321 e. The Labute approximate surface area is 155 Å². The average molecular weight is 376 g/mol. The normalized spacial score (nSPS) is 12.3. The standard InChI is InChI=1S/C19H22F2N4O2/c1-12(24-18(27)19(2,20)21)10-23-16-6-4-13(8-15(16)9-22)14-5-7-17(26)25(3)11-14/h4-9,11-12,22-23H,10H2,1-3H3,(H,24,27). The summed E-state index contributed by atoms with van der Waals surface area (Å²) in [5.74, 6) is -4.75. The van der Waals surface area contributed by atoms with Gasteiger partial charge in [0, 0.05) is 56.3 Å². The SMILES string of the molecule is CC(CNc1ccc(-c2ccc(=O)n(C)c2)cc1C=N)NC(=O)C(C)(F)F. The highest BCUT2D eigenvalue weighted by molar-refractivity contribution is 5.88. The molecule has 144 valence electrons. The number of carbonyl (C=O) groups is 1. The number of anilines is 1. The second-order valence-electron chi connectivity index (χ2n) is 6.46. The van der Waals surface area contributed by atoms with Crippen LogP contribution in [0.25, 0.3) is 11.1 Å². The Balaban J connectivity index is 2.12. The van der Waals surface area contributed by atoms with Crippen LogP contribution in [0.4, 0.5) is 14.5 Å². The van der Waals surface area contributed by atoms with Gasteiger partial charge in [0.15, 0.2) is 0 Å². The zero-order valence-corrected chi connectivity index (χ0v) is 15.3. The molecule has 2 aromatic rings. The molecule has 0 radical (unpaired) electrons. The number of aryl methyl sites for hydroxylation is 1. The molecule has 1 aromatic carbocycles. The monoisotopic (exact) mass is 376 g/mol. The van der Waals surface area contributed by atoms with Gasteiger partial charge >= 0.3 is 5.92 Å². The van der Waals surface area contributed by atoms with Crippen LogP contribution in [0.1, 0.15) is 19.4 Å². The van der Waals surface area contributed by atoms with E-state index in [1.54, 1.807) is 38.4 Å². The lowest BCUT2D eigenvalue weighted by atomic mass is 10.0. The van der Waals surface area contributed by atoms with Crippen molar-refractivity contribution in [3.63, 3.8) is 0 Å². The number of alkyl halides is 2. The van der Waals surface area contributed by atoms with E-state index in [2.05, 4.69) is 10.6 Å². The van der Waals surface area contributed by atoms with Crippen molar-refractivity contribution >= 4 is 17.8 Å². The predicted octanol–water partition coefficient (Wildman–Crippen LogP) is 2.62. The van der Waals surface area contributed by atoms with Crippen LogP contribution < -0.4 is 16.2 Å². The van der Waals surface area contributed by atoms with Gasteiger partial charge in [-0.1, -0.05) is 6.07 Å². The molecule has 0 fully saturated rings. The molecule has 6 nitrogen and oxygen atoms in total. The van der Waals surface area contributed by atoms with Crippen molar-refractivity contribution < 1.29 is 13.6 Å². The Hall–Kier alpha value is -3.03. The van der Waals surface area contributed by atoms with Crippen LogP contribution in [0.15, 0.2) is 41.3 Å². The molecule has 0 saturated carbocycles. The highest BCUT2D eigenvalue weighted by Gasteiger charge is 2.32. The fraction of sp³-hybridized carbons (Fsp3) is 0.316. The number of rotatable bonds is 7. The second-order valence-corrected chi connectivity index (χ2v) is 6.46. The Bertz CT molecular complexity index is 903. The molecule has 0 aliphatic heterocycles. The lowest BCUT2D eigenvalue weighted by Crippen LogP contribution is -2.45. The van der Waals surface area contributed by atoms with Crippen LogP contribution in [0, 0.1) is 5.41 Å². The van der Waals surface area contributed by atoms with Crippen LogP contribution in [0.5, 0.6) is 0 Å². The number of nitrogens with one attached hydrogen (secondary N) is 3. The van der Waals surface area contributed by atoms with Crippen molar-refractivity contribution in [2.75, 3.05) is 11.9 Å². The number of nitrogens with zero attached hydrogens (tertiary/aromatic N) is 1. The maximum absolute atomic E-state index is 12.9. The van der Waals surface area contributed by atoms with Crippen molar-refractivity contribution in [1.82, 2.24) is 9.88 Å². The van der Waals surface area contributed by atoms with Gasteiger partial charge in [0.05, 0.1) is 0 Å². The number of carbonyl (C=O) groups excluding carboxylic acids is 1. The topological polar surface area (TPSA) is 87.0 Å². The zero-order chi connectivity index (χ0) is 20.2. The number of hydrogen-bond acceptors (Lipinski definition) is 4. The van der Waals surface area contributed by atoms with Gasteiger partial charge in [-0.25, -0.2) is 0 Å². The first kappa shape index (κ1) is 20.3. The number of aromatic nitrogens is 1. The van der Waals surface area contributed by atoms with E-state index >= 15 is 0 Å². The largest absolute Gasteiger partial charge is 0.382 e. The Morgan fingerprint density at radius 2 is 1.96 bits per heavy atom.